The number of rotatable bonds is 6. The molecule has 0 aliphatic carbocycles. The summed E-state index contributed by atoms with van der Waals surface area (Å²) in [6, 6.07) is 13.5. The van der Waals surface area contributed by atoms with Gasteiger partial charge in [-0.3, -0.25) is 4.79 Å². The lowest BCUT2D eigenvalue weighted by Crippen LogP contribution is -2.13. The van der Waals surface area contributed by atoms with Gasteiger partial charge in [0.15, 0.2) is 4.34 Å². The maximum absolute atomic E-state index is 12.1. The summed E-state index contributed by atoms with van der Waals surface area (Å²) in [5, 5.41) is 15.6. The zero-order valence-electron chi connectivity index (χ0n) is 14.2. The van der Waals surface area contributed by atoms with Crippen molar-refractivity contribution >= 4 is 57.1 Å². The number of hydrogen-bond acceptors (Lipinski definition) is 6. The first-order valence-corrected chi connectivity index (χ1v) is 10.0. The highest BCUT2D eigenvalue weighted by Gasteiger charge is 2.09. The van der Waals surface area contributed by atoms with Crippen LogP contribution in [0.15, 0.2) is 46.8 Å². The Balaban J connectivity index is 1.52. The number of hydrogen-bond donors (Lipinski definition) is 2. The van der Waals surface area contributed by atoms with E-state index in [1.54, 1.807) is 6.07 Å². The molecule has 0 spiro atoms. The molecular weight excluding hydrogens is 388 g/mol. The molecule has 0 fully saturated rings. The number of anilines is 3. The summed E-state index contributed by atoms with van der Waals surface area (Å²) in [6.45, 7) is 3.95. The molecule has 0 saturated carbocycles. The first-order valence-electron chi connectivity index (χ1n) is 7.85. The Kier molecular flexibility index (Phi) is 6.13. The van der Waals surface area contributed by atoms with E-state index < -0.39 is 0 Å². The number of carbonyl (C=O) groups is 1. The van der Waals surface area contributed by atoms with Crippen LogP contribution >= 0.6 is 34.7 Å². The molecule has 0 bridgehead atoms. The van der Waals surface area contributed by atoms with Crippen LogP contribution in [0, 0.1) is 13.8 Å². The lowest BCUT2D eigenvalue weighted by molar-refractivity contribution is -0.113. The molecule has 0 aliphatic heterocycles. The molecule has 8 heteroatoms. The number of halogens is 1. The standard InChI is InChI=1S/C18H17ClN4OS2/c1-11-4-3-5-13(8-11)21-17-22-23-18(26-17)25-10-16(24)20-14-7-6-12(2)15(19)9-14/h3-9H,10H2,1-2H3,(H,20,24)(H,21,22). The van der Waals surface area contributed by atoms with Gasteiger partial charge in [0.2, 0.25) is 11.0 Å². The summed E-state index contributed by atoms with van der Waals surface area (Å²) in [4.78, 5) is 12.1. The first-order chi connectivity index (χ1) is 12.5. The number of nitrogens with one attached hydrogen (secondary N) is 2. The summed E-state index contributed by atoms with van der Waals surface area (Å²) >= 11 is 8.83. The van der Waals surface area contributed by atoms with Crippen LogP contribution in [0.5, 0.6) is 0 Å². The zero-order valence-corrected chi connectivity index (χ0v) is 16.6. The van der Waals surface area contributed by atoms with Gasteiger partial charge in [-0.1, -0.05) is 52.9 Å². The van der Waals surface area contributed by atoms with Crippen molar-refractivity contribution in [2.24, 2.45) is 0 Å². The lowest BCUT2D eigenvalue weighted by Gasteiger charge is -2.06. The molecule has 0 atom stereocenters. The zero-order chi connectivity index (χ0) is 18.5. The Morgan fingerprint density at radius 2 is 2.00 bits per heavy atom. The minimum Gasteiger partial charge on any atom is -0.330 e. The molecule has 1 heterocycles. The van der Waals surface area contributed by atoms with E-state index in [0.717, 1.165) is 15.6 Å². The molecule has 0 unspecified atom stereocenters. The van der Waals surface area contributed by atoms with E-state index in [-0.39, 0.29) is 11.7 Å². The molecule has 134 valence electrons. The molecular formula is C18H17ClN4OS2. The van der Waals surface area contributed by atoms with E-state index >= 15 is 0 Å². The molecule has 3 aromatic rings. The Bertz CT molecular complexity index is 929. The van der Waals surface area contributed by atoms with Gasteiger partial charge in [-0.05, 0) is 49.2 Å². The fourth-order valence-corrected chi connectivity index (χ4v) is 3.91. The van der Waals surface area contributed by atoms with Crippen LogP contribution in [0.2, 0.25) is 5.02 Å². The molecule has 1 amide bonds. The second kappa shape index (κ2) is 8.53. The Morgan fingerprint density at radius 1 is 1.15 bits per heavy atom. The van der Waals surface area contributed by atoms with Crippen molar-refractivity contribution in [1.82, 2.24) is 10.2 Å². The number of benzene rings is 2. The number of thioether (sulfide) groups is 1. The molecule has 0 saturated heterocycles. The molecule has 5 nitrogen and oxygen atoms in total. The van der Waals surface area contributed by atoms with E-state index in [1.807, 2.05) is 50.2 Å². The number of carbonyl (C=O) groups excluding carboxylic acids is 1. The number of aryl methyl sites for hydroxylation is 2. The summed E-state index contributed by atoms with van der Waals surface area (Å²) in [5.41, 5.74) is 3.79. The van der Waals surface area contributed by atoms with Crippen molar-refractivity contribution in [3.05, 3.63) is 58.6 Å². The van der Waals surface area contributed by atoms with Crippen LogP contribution in [0.4, 0.5) is 16.5 Å². The van der Waals surface area contributed by atoms with Gasteiger partial charge in [0.25, 0.3) is 0 Å². The van der Waals surface area contributed by atoms with Crippen molar-refractivity contribution < 1.29 is 4.79 Å². The van der Waals surface area contributed by atoms with Gasteiger partial charge in [0, 0.05) is 16.4 Å². The van der Waals surface area contributed by atoms with E-state index in [0.29, 0.717) is 15.8 Å². The fraction of sp³-hybridized carbons (Fsp3) is 0.167. The highest BCUT2D eigenvalue weighted by molar-refractivity contribution is 8.01. The molecule has 1 aromatic heterocycles. The first kappa shape index (κ1) is 18.7. The third kappa shape index (κ3) is 5.20. The van der Waals surface area contributed by atoms with E-state index in [9.17, 15) is 4.79 Å². The predicted octanol–water partition coefficient (Wildman–Crippen LogP) is 5.28. The molecule has 0 radical (unpaired) electrons. The number of nitrogens with zero attached hydrogens (tertiary/aromatic N) is 2. The van der Waals surface area contributed by atoms with Gasteiger partial charge < -0.3 is 10.6 Å². The van der Waals surface area contributed by atoms with Crippen molar-refractivity contribution in [2.45, 2.75) is 18.2 Å². The van der Waals surface area contributed by atoms with Gasteiger partial charge in [-0.15, -0.1) is 10.2 Å². The van der Waals surface area contributed by atoms with Crippen molar-refractivity contribution in [2.75, 3.05) is 16.4 Å². The Morgan fingerprint density at radius 3 is 2.77 bits per heavy atom. The van der Waals surface area contributed by atoms with Crippen LogP contribution in [0.1, 0.15) is 11.1 Å². The third-order valence-electron chi connectivity index (χ3n) is 3.46. The van der Waals surface area contributed by atoms with Gasteiger partial charge in [0.1, 0.15) is 0 Å². The largest absolute Gasteiger partial charge is 0.330 e. The summed E-state index contributed by atoms with van der Waals surface area (Å²) in [7, 11) is 0. The molecule has 26 heavy (non-hydrogen) atoms. The van der Waals surface area contributed by atoms with Crippen LogP contribution in [0.3, 0.4) is 0 Å². The average molecular weight is 405 g/mol. The fourth-order valence-electron chi connectivity index (χ4n) is 2.16. The van der Waals surface area contributed by atoms with Crippen LogP contribution in [-0.4, -0.2) is 21.9 Å². The molecule has 3 rings (SSSR count). The molecule has 2 aromatic carbocycles. The van der Waals surface area contributed by atoms with Gasteiger partial charge in [-0.2, -0.15) is 0 Å². The highest BCUT2D eigenvalue weighted by Crippen LogP contribution is 2.28. The highest BCUT2D eigenvalue weighted by atomic mass is 35.5. The summed E-state index contributed by atoms with van der Waals surface area (Å²) in [5.74, 6) is 0.142. The third-order valence-corrected chi connectivity index (χ3v) is 5.84. The van der Waals surface area contributed by atoms with Crippen LogP contribution < -0.4 is 10.6 Å². The Hall–Kier alpha value is -2.09. The van der Waals surface area contributed by atoms with Gasteiger partial charge >= 0.3 is 0 Å². The Labute approximate surface area is 165 Å². The number of aromatic nitrogens is 2. The van der Waals surface area contributed by atoms with E-state index in [2.05, 4.69) is 20.8 Å². The maximum Gasteiger partial charge on any atom is 0.234 e. The van der Waals surface area contributed by atoms with Crippen molar-refractivity contribution in [3.8, 4) is 0 Å². The maximum atomic E-state index is 12.1. The SMILES string of the molecule is Cc1cccc(Nc2nnc(SCC(=O)Nc3ccc(C)c(Cl)c3)s2)c1. The van der Waals surface area contributed by atoms with Gasteiger partial charge in [0.05, 0.1) is 5.75 Å². The lowest BCUT2D eigenvalue weighted by atomic mass is 10.2. The second-order valence-corrected chi connectivity index (χ2v) is 8.28. The summed E-state index contributed by atoms with van der Waals surface area (Å²) < 4.78 is 0.734. The quantitative estimate of drug-likeness (QED) is 0.547. The van der Waals surface area contributed by atoms with Crippen LogP contribution in [0.25, 0.3) is 0 Å². The van der Waals surface area contributed by atoms with E-state index in [1.165, 1.54) is 28.7 Å². The molecule has 2 N–H and O–H groups in total. The molecule has 0 aliphatic rings. The number of amides is 1. The van der Waals surface area contributed by atoms with Crippen LogP contribution in [-0.2, 0) is 4.79 Å². The minimum absolute atomic E-state index is 0.113. The van der Waals surface area contributed by atoms with E-state index in [4.69, 9.17) is 11.6 Å². The normalized spacial score (nSPS) is 10.6. The van der Waals surface area contributed by atoms with Crippen molar-refractivity contribution in [1.29, 1.82) is 0 Å². The minimum atomic E-state index is -0.113. The van der Waals surface area contributed by atoms with Crippen molar-refractivity contribution in [3.63, 3.8) is 0 Å². The monoisotopic (exact) mass is 404 g/mol. The summed E-state index contributed by atoms with van der Waals surface area (Å²) in [6.07, 6.45) is 0. The van der Waals surface area contributed by atoms with Gasteiger partial charge in [-0.25, -0.2) is 0 Å². The predicted molar refractivity (Wildman–Crippen MR) is 110 cm³/mol. The topological polar surface area (TPSA) is 66.9 Å². The average Bonchev–Trinajstić information content (AvgIpc) is 3.04. The smallest absolute Gasteiger partial charge is 0.234 e. The second-order valence-electron chi connectivity index (χ2n) is 5.67.